The zero-order valence-electron chi connectivity index (χ0n) is 26.5. The second-order valence-electron chi connectivity index (χ2n) is 12.5. The number of benzene rings is 8. The van der Waals surface area contributed by atoms with Crippen LogP contribution >= 0.6 is 11.3 Å². The summed E-state index contributed by atoms with van der Waals surface area (Å²) in [5.41, 5.74) is 10.0. The number of hydrogen-bond acceptors (Lipinski definition) is 3. The Bertz CT molecular complexity index is 2810. The molecule has 0 saturated heterocycles. The summed E-state index contributed by atoms with van der Waals surface area (Å²) in [6, 6.07) is 63.2. The lowest BCUT2D eigenvalue weighted by molar-refractivity contribution is 0.672. The number of hydrogen-bond donors (Lipinski definition) is 0. The van der Waals surface area contributed by atoms with Gasteiger partial charge in [0.1, 0.15) is 11.2 Å². The second-order valence-corrected chi connectivity index (χ2v) is 13.6. The lowest BCUT2D eigenvalue weighted by Gasteiger charge is -2.26. The van der Waals surface area contributed by atoms with Gasteiger partial charge in [0.15, 0.2) is 0 Å². The molecule has 10 aromatic rings. The molecule has 0 aliphatic carbocycles. The van der Waals surface area contributed by atoms with Crippen molar-refractivity contribution in [2.24, 2.45) is 0 Å². The van der Waals surface area contributed by atoms with E-state index in [2.05, 4.69) is 181 Å². The van der Waals surface area contributed by atoms with Crippen molar-refractivity contribution in [1.82, 2.24) is 0 Å². The summed E-state index contributed by atoms with van der Waals surface area (Å²) in [6.45, 7) is 0. The van der Waals surface area contributed by atoms with Crippen LogP contribution in [0.15, 0.2) is 180 Å². The Labute approximate surface area is 287 Å². The fraction of sp³-hybridized carbons (Fsp3) is 0. The Kier molecular flexibility index (Phi) is 6.39. The van der Waals surface area contributed by atoms with Crippen molar-refractivity contribution in [1.29, 1.82) is 0 Å². The van der Waals surface area contributed by atoms with Gasteiger partial charge in [0.05, 0.1) is 10.4 Å². The third kappa shape index (κ3) is 4.62. The first-order valence-electron chi connectivity index (χ1n) is 16.6. The predicted molar refractivity (Wildman–Crippen MR) is 210 cm³/mol. The smallest absolute Gasteiger partial charge is 0.143 e. The summed E-state index contributed by atoms with van der Waals surface area (Å²) >= 11 is 1.86. The zero-order valence-corrected chi connectivity index (χ0v) is 27.3. The van der Waals surface area contributed by atoms with E-state index < -0.39 is 0 Å². The van der Waals surface area contributed by atoms with Crippen molar-refractivity contribution in [3.63, 3.8) is 0 Å². The van der Waals surface area contributed by atoms with Crippen molar-refractivity contribution >= 4 is 81.3 Å². The quantitative estimate of drug-likeness (QED) is 0.186. The van der Waals surface area contributed by atoms with Gasteiger partial charge in [-0.3, -0.25) is 0 Å². The molecule has 49 heavy (non-hydrogen) atoms. The van der Waals surface area contributed by atoms with E-state index in [1.807, 2.05) is 11.3 Å². The Morgan fingerprint density at radius 3 is 1.84 bits per heavy atom. The molecule has 0 amide bonds. The minimum atomic E-state index is 0.910. The summed E-state index contributed by atoms with van der Waals surface area (Å²) in [5, 5.41) is 7.21. The van der Waals surface area contributed by atoms with Crippen LogP contribution in [-0.4, -0.2) is 0 Å². The summed E-state index contributed by atoms with van der Waals surface area (Å²) < 4.78 is 8.98. The minimum Gasteiger partial charge on any atom is -0.455 e. The van der Waals surface area contributed by atoms with Gasteiger partial charge >= 0.3 is 0 Å². The highest BCUT2D eigenvalue weighted by Gasteiger charge is 2.19. The highest BCUT2D eigenvalue weighted by atomic mass is 32.1. The maximum absolute atomic E-state index is 6.39. The van der Waals surface area contributed by atoms with Crippen molar-refractivity contribution < 1.29 is 4.42 Å². The Morgan fingerprint density at radius 1 is 0.408 bits per heavy atom. The molecule has 2 nitrogen and oxygen atoms in total. The first kappa shape index (κ1) is 27.9. The minimum absolute atomic E-state index is 0.910. The van der Waals surface area contributed by atoms with Crippen molar-refractivity contribution in [3.05, 3.63) is 176 Å². The van der Waals surface area contributed by atoms with E-state index in [4.69, 9.17) is 4.42 Å². The van der Waals surface area contributed by atoms with Gasteiger partial charge in [0, 0.05) is 43.0 Å². The molecular formula is C46H29NOS. The number of furan rings is 1. The van der Waals surface area contributed by atoms with Gasteiger partial charge in [-0.15, -0.1) is 11.3 Å². The van der Waals surface area contributed by atoms with E-state index in [-0.39, 0.29) is 0 Å². The Morgan fingerprint density at radius 2 is 1.04 bits per heavy atom. The molecule has 8 aromatic carbocycles. The van der Waals surface area contributed by atoms with Gasteiger partial charge < -0.3 is 9.32 Å². The molecule has 2 aromatic heterocycles. The van der Waals surface area contributed by atoms with E-state index in [0.717, 1.165) is 38.7 Å². The molecule has 10 rings (SSSR count). The average Bonchev–Trinajstić information content (AvgIpc) is 3.75. The summed E-state index contributed by atoms with van der Waals surface area (Å²) in [6.07, 6.45) is 0. The van der Waals surface area contributed by atoms with E-state index in [9.17, 15) is 0 Å². The number of anilines is 3. The van der Waals surface area contributed by atoms with Crippen molar-refractivity contribution in [2.75, 3.05) is 4.90 Å². The van der Waals surface area contributed by atoms with E-state index in [0.29, 0.717) is 0 Å². The standard InChI is InChI=1S/C46H29NOS/c1-2-9-30(10-3-1)31-17-23-35(24-18-31)47(42-15-8-14-40-38-13-6-7-16-44(38)49-46(40)42)36-25-19-32(20-26-36)34-22-28-43-41(29-34)39-27-21-33-11-4-5-12-37(33)45(39)48-43/h1-29H. The number of thiophene rings is 1. The lowest BCUT2D eigenvalue weighted by Crippen LogP contribution is -2.10. The number of fused-ring (bicyclic) bond motifs is 8. The predicted octanol–water partition coefficient (Wildman–Crippen LogP) is 13.9. The van der Waals surface area contributed by atoms with Crippen LogP contribution in [0.5, 0.6) is 0 Å². The molecule has 0 unspecified atom stereocenters. The highest BCUT2D eigenvalue weighted by Crippen LogP contribution is 2.45. The summed E-state index contributed by atoms with van der Waals surface area (Å²) in [7, 11) is 0. The second kappa shape index (κ2) is 11.2. The van der Waals surface area contributed by atoms with Crippen LogP contribution < -0.4 is 4.90 Å². The molecule has 2 heterocycles. The van der Waals surface area contributed by atoms with Crippen LogP contribution in [0.25, 0.3) is 75.1 Å². The third-order valence-electron chi connectivity index (χ3n) is 9.68. The topological polar surface area (TPSA) is 16.4 Å². The molecule has 230 valence electrons. The summed E-state index contributed by atoms with van der Waals surface area (Å²) in [4.78, 5) is 2.40. The Balaban J connectivity index is 1.09. The monoisotopic (exact) mass is 643 g/mol. The molecular weight excluding hydrogens is 615 g/mol. The fourth-order valence-electron chi connectivity index (χ4n) is 7.26. The fourth-order valence-corrected chi connectivity index (χ4v) is 8.46. The van der Waals surface area contributed by atoms with Gasteiger partial charge in [-0.1, -0.05) is 121 Å². The average molecular weight is 644 g/mol. The molecule has 0 N–H and O–H groups in total. The maximum atomic E-state index is 6.39. The normalized spacial score (nSPS) is 11.7. The third-order valence-corrected chi connectivity index (χ3v) is 10.9. The number of rotatable bonds is 5. The van der Waals surface area contributed by atoms with Crippen LogP contribution in [-0.2, 0) is 0 Å². The number of nitrogens with zero attached hydrogens (tertiary/aromatic N) is 1. The van der Waals surface area contributed by atoms with Gasteiger partial charge in [-0.25, -0.2) is 0 Å². The highest BCUT2D eigenvalue weighted by molar-refractivity contribution is 7.26. The lowest BCUT2D eigenvalue weighted by atomic mass is 10.0. The van der Waals surface area contributed by atoms with Crippen LogP contribution in [0.2, 0.25) is 0 Å². The maximum Gasteiger partial charge on any atom is 0.143 e. The van der Waals surface area contributed by atoms with Crippen molar-refractivity contribution in [2.45, 2.75) is 0 Å². The molecule has 0 radical (unpaired) electrons. The van der Waals surface area contributed by atoms with Crippen molar-refractivity contribution in [3.8, 4) is 22.3 Å². The van der Waals surface area contributed by atoms with E-state index in [1.54, 1.807) is 0 Å². The SMILES string of the molecule is c1ccc(-c2ccc(N(c3ccc(-c4ccc5oc6c7ccccc7ccc6c5c4)cc3)c3cccc4c3sc3ccccc34)cc2)cc1. The molecule has 0 spiro atoms. The molecule has 0 aliphatic heterocycles. The van der Waals surface area contributed by atoms with Crippen LogP contribution in [0.1, 0.15) is 0 Å². The molecule has 0 atom stereocenters. The zero-order chi connectivity index (χ0) is 32.3. The van der Waals surface area contributed by atoms with Gasteiger partial charge in [0.2, 0.25) is 0 Å². The van der Waals surface area contributed by atoms with Crippen LogP contribution in [0, 0.1) is 0 Å². The molecule has 0 fully saturated rings. The Hall–Kier alpha value is -6.16. The first-order valence-corrected chi connectivity index (χ1v) is 17.4. The van der Waals surface area contributed by atoms with Gasteiger partial charge in [-0.2, -0.15) is 0 Å². The van der Waals surface area contributed by atoms with Crippen LogP contribution in [0.3, 0.4) is 0 Å². The molecule has 0 aliphatic rings. The van der Waals surface area contributed by atoms with Crippen LogP contribution in [0.4, 0.5) is 17.1 Å². The largest absolute Gasteiger partial charge is 0.455 e. The summed E-state index contributed by atoms with van der Waals surface area (Å²) in [5.74, 6) is 0. The molecule has 0 bridgehead atoms. The first-order chi connectivity index (χ1) is 24.3. The molecule has 3 heteroatoms. The van der Waals surface area contributed by atoms with Gasteiger partial charge in [0.25, 0.3) is 0 Å². The molecule has 0 saturated carbocycles. The van der Waals surface area contributed by atoms with E-state index in [1.165, 1.54) is 53.5 Å². The van der Waals surface area contributed by atoms with Gasteiger partial charge in [-0.05, 0) is 82.2 Å². The van der Waals surface area contributed by atoms with E-state index >= 15 is 0 Å².